The van der Waals surface area contributed by atoms with Gasteiger partial charge in [-0.3, -0.25) is 4.79 Å². The first-order valence-electron chi connectivity index (χ1n) is 7.31. The molecule has 0 aliphatic carbocycles. The molecule has 2 aromatic rings. The van der Waals surface area contributed by atoms with Crippen molar-refractivity contribution in [3.63, 3.8) is 0 Å². The van der Waals surface area contributed by atoms with Crippen LogP contribution in [0.15, 0.2) is 42.5 Å². The molecule has 0 saturated heterocycles. The highest BCUT2D eigenvalue weighted by molar-refractivity contribution is 5.88. The van der Waals surface area contributed by atoms with Gasteiger partial charge in [-0.15, -0.1) is 12.4 Å². The molecule has 0 radical (unpaired) electrons. The molecule has 2 aromatic carbocycles. The molecule has 0 aromatic heterocycles. The van der Waals surface area contributed by atoms with E-state index >= 15 is 0 Å². The lowest BCUT2D eigenvalue weighted by Gasteiger charge is -2.14. The minimum Gasteiger partial charge on any atom is -0.483 e. The fourth-order valence-corrected chi connectivity index (χ4v) is 2.20. The van der Waals surface area contributed by atoms with E-state index in [-0.39, 0.29) is 31.0 Å². The lowest BCUT2D eigenvalue weighted by atomic mass is 10.1. The number of fused-ring (bicyclic) bond motifs is 1. The summed E-state index contributed by atoms with van der Waals surface area (Å²) >= 11 is 0. The maximum Gasteiger partial charge on any atom is 0.257 e. The molecule has 2 rings (SSSR count). The third-order valence-corrected chi connectivity index (χ3v) is 3.27. The van der Waals surface area contributed by atoms with Crippen LogP contribution in [0.25, 0.3) is 10.8 Å². The van der Waals surface area contributed by atoms with Gasteiger partial charge in [-0.25, -0.2) is 0 Å². The lowest BCUT2D eigenvalue weighted by molar-refractivity contribution is -0.123. The van der Waals surface area contributed by atoms with E-state index < -0.39 is 0 Å². The number of benzene rings is 2. The number of carbonyl (C=O) groups is 1. The first-order chi connectivity index (χ1) is 10.2. The Morgan fingerprint density at radius 3 is 2.68 bits per heavy atom. The number of ether oxygens (including phenoxy) is 1. The molecule has 4 nitrogen and oxygen atoms in total. The van der Waals surface area contributed by atoms with Crippen molar-refractivity contribution in [3.05, 3.63) is 42.5 Å². The summed E-state index contributed by atoms with van der Waals surface area (Å²) in [5.41, 5.74) is 0. The Balaban J connectivity index is 0.00000242. The van der Waals surface area contributed by atoms with Crippen molar-refractivity contribution >= 4 is 29.1 Å². The Labute approximate surface area is 137 Å². The second kappa shape index (κ2) is 9.28. The molecule has 0 fully saturated rings. The number of likely N-dealkylation sites (N-methyl/N-ethyl adjacent to an activating group) is 1. The number of amides is 1. The normalized spacial score (nSPS) is 11.5. The standard InChI is InChI=1S/C17H22N2O2.ClH/c1-3-18-13(2)11-19-17(20)12-21-16-10-6-8-14-7-4-5-9-15(14)16;/h4-10,13,18H,3,11-12H2,1-2H3,(H,19,20);1H/t13-;/m1./s1. The van der Waals surface area contributed by atoms with Gasteiger partial charge in [-0.05, 0) is 24.9 Å². The molecule has 2 N–H and O–H groups in total. The van der Waals surface area contributed by atoms with Gasteiger partial charge in [-0.2, -0.15) is 0 Å². The number of hydrogen-bond donors (Lipinski definition) is 2. The molecule has 0 aliphatic heterocycles. The van der Waals surface area contributed by atoms with Crippen molar-refractivity contribution < 1.29 is 9.53 Å². The quantitative estimate of drug-likeness (QED) is 0.824. The Morgan fingerprint density at radius 1 is 1.18 bits per heavy atom. The average molecular weight is 323 g/mol. The highest BCUT2D eigenvalue weighted by Gasteiger charge is 2.07. The topological polar surface area (TPSA) is 50.4 Å². The average Bonchev–Trinajstić information content (AvgIpc) is 2.51. The van der Waals surface area contributed by atoms with Crippen molar-refractivity contribution in [2.45, 2.75) is 19.9 Å². The van der Waals surface area contributed by atoms with E-state index in [0.717, 1.165) is 23.1 Å². The smallest absolute Gasteiger partial charge is 0.257 e. The van der Waals surface area contributed by atoms with Crippen LogP contribution < -0.4 is 15.4 Å². The van der Waals surface area contributed by atoms with Crippen molar-refractivity contribution in [2.75, 3.05) is 19.7 Å². The fourth-order valence-electron chi connectivity index (χ4n) is 2.20. The van der Waals surface area contributed by atoms with E-state index in [1.54, 1.807) is 0 Å². The van der Waals surface area contributed by atoms with E-state index in [2.05, 4.69) is 10.6 Å². The summed E-state index contributed by atoms with van der Waals surface area (Å²) in [7, 11) is 0. The van der Waals surface area contributed by atoms with Crippen LogP contribution in [-0.4, -0.2) is 31.6 Å². The highest BCUT2D eigenvalue weighted by Crippen LogP contribution is 2.24. The fraction of sp³-hybridized carbons (Fsp3) is 0.353. The molecule has 0 spiro atoms. The Morgan fingerprint density at radius 2 is 1.91 bits per heavy atom. The first kappa shape index (κ1) is 18.3. The highest BCUT2D eigenvalue weighted by atomic mass is 35.5. The van der Waals surface area contributed by atoms with Gasteiger partial charge in [-0.1, -0.05) is 43.3 Å². The molecular formula is C17H23ClN2O2. The Kier molecular flexibility index (Phi) is 7.71. The second-order valence-electron chi connectivity index (χ2n) is 5.03. The second-order valence-corrected chi connectivity index (χ2v) is 5.03. The van der Waals surface area contributed by atoms with Gasteiger partial charge < -0.3 is 15.4 Å². The summed E-state index contributed by atoms with van der Waals surface area (Å²) in [6, 6.07) is 14.1. The molecule has 0 aliphatic rings. The van der Waals surface area contributed by atoms with Crippen LogP contribution in [0.3, 0.4) is 0 Å². The zero-order chi connectivity index (χ0) is 15.1. The summed E-state index contributed by atoms with van der Waals surface area (Å²) in [5.74, 6) is 0.635. The van der Waals surface area contributed by atoms with Gasteiger partial charge in [0.15, 0.2) is 6.61 Å². The van der Waals surface area contributed by atoms with Crippen LogP contribution in [0.4, 0.5) is 0 Å². The number of halogens is 1. The summed E-state index contributed by atoms with van der Waals surface area (Å²) in [6.07, 6.45) is 0. The van der Waals surface area contributed by atoms with E-state index in [1.807, 2.05) is 56.3 Å². The number of rotatable bonds is 7. The van der Waals surface area contributed by atoms with E-state index in [4.69, 9.17) is 4.74 Å². The third-order valence-electron chi connectivity index (χ3n) is 3.27. The van der Waals surface area contributed by atoms with Crippen molar-refractivity contribution in [3.8, 4) is 5.75 Å². The van der Waals surface area contributed by atoms with Gasteiger partial charge in [0.25, 0.3) is 5.91 Å². The molecule has 5 heteroatoms. The van der Waals surface area contributed by atoms with Crippen molar-refractivity contribution in [1.29, 1.82) is 0 Å². The monoisotopic (exact) mass is 322 g/mol. The van der Waals surface area contributed by atoms with E-state index in [9.17, 15) is 4.79 Å². The summed E-state index contributed by atoms with van der Waals surface area (Å²) in [4.78, 5) is 11.8. The predicted octanol–water partition coefficient (Wildman–Crippen LogP) is 2.75. The Bertz CT molecular complexity index is 599. The first-order valence-corrected chi connectivity index (χ1v) is 7.31. The summed E-state index contributed by atoms with van der Waals surface area (Å²) in [5, 5.41) is 8.23. The predicted molar refractivity (Wildman–Crippen MR) is 92.8 cm³/mol. The maximum absolute atomic E-state index is 11.8. The van der Waals surface area contributed by atoms with Crippen LogP contribution in [-0.2, 0) is 4.79 Å². The van der Waals surface area contributed by atoms with Crippen molar-refractivity contribution in [2.24, 2.45) is 0 Å². The molecule has 0 unspecified atom stereocenters. The van der Waals surface area contributed by atoms with Gasteiger partial charge in [0.2, 0.25) is 0 Å². The largest absolute Gasteiger partial charge is 0.483 e. The molecule has 0 heterocycles. The summed E-state index contributed by atoms with van der Waals surface area (Å²) < 4.78 is 5.64. The molecular weight excluding hydrogens is 300 g/mol. The van der Waals surface area contributed by atoms with Gasteiger partial charge in [0.1, 0.15) is 5.75 Å². The zero-order valence-corrected chi connectivity index (χ0v) is 13.8. The molecule has 120 valence electrons. The molecule has 1 atom stereocenters. The van der Waals surface area contributed by atoms with Gasteiger partial charge >= 0.3 is 0 Å². The zero-order valence-electron chi connectivity index (χ0n) is 13.0. The SMILES string of the molecule is CCN[C@H](C)CNC(=O)COc1cccc2ccccc12.Cl. The van der Waals surface area contributed by atoms with Crippen molar-refractivity contribution in [1.82, 2.24) is 10.6 Å². The van der Waals surface area contributed by atoms with Crippen LogP contribution in [0.2, 0.25) is 0 Å². The van der Waals surface area contributed by atoms with Crippen LogP contribution in [0.5, 0.6) is 5.75 Å². The third kappa shape index (κ3) is 5.20. The molecule has 0 bridgehead atoms. The number of hydrogen-bond acceptors (Lipinski definition) is 3. The van der Waals surface area contributed by atoms with E-state index in [0.29, 0.717) is 6.54 Å². The number of nitrogens with one attached hydrogen (secondary N) is 2. The number of carbonyl (C=O) groups excluding carboxylic acids is 1. The van der Waals surface area contributed by atoms with E-state index in [1.165, 1.54) is 0 Å². The van der Waals surface area contributed by atoms with Gasteiger partial charge in [0.05, 0.1) is 0 Å². The molecule has 1 amide bonds. The minimum atomic E-state index is -0.104. The maximum atomic E-state index is 11.8. The Hall–Kier alpha value is -1.78. The van der Waals surface area contributed by atoms with Crippen LogP contribution in [0, 0.1) is 0 Å². The lowest BCUT2D eigenvalue weighted by Crippen LogP contribution is -2.40. The molecule has 0 saturated carbocycles. The summed E-state index contributed by atoms with van der Waals surface area (Å²) in [6.45, 7) is 5.61. The van der Waals surface area contributed by atoms with Gasteiger partial charge in [0, 0.05) is 18.0 Å². The van der Waals surface area contributed by atoms with Crippen LogP contribution in [0.1, 0.15) is 13.8 Å². The minimum absolute atomic E-state index is 0. The van der Waals surface area contributed by atoms with Crippen LogP contribution >= 0.6 is 12.4 Å². The molecule has 22 heavy (non-hydrogen) atoms.